The quantitative estimate of drug-likeness (QED) is 0.429. The second-order valence-electron chi connectivity index (χ2n) is 3.82. The molecule has 0 bridgehead atoms. The van der Waals surface area contributed by atoms with Crippen molar-refractivity contribution in [3.8, 4) is 5.75 Å². The van der Waals surface area contributed by atoms with Crippen LogP contribution in [0.2, 0.25) is 0 Å². The van der Waals surface area contributed by atoms with E-state index in [-0.39, 0.29) is 6.29 Å². The summed E-state index contributed by atoms with van der Waals surface area (Å²) in [5.41, 5.74) is 0.799. The summed E-state index contributed by atoms with van der Waals surface area (Å²) >= 11 is 0. The minimum absolute atomic E-state index is 0.325. The van der Waals surface area contributed by atoms with E-state index < -0.39 is 0 Å². The van der Waals surface area contributed by atoms with Crippen LogP contribution in [0.3, 0.4) is 0 Å². The van der Waals surface area contributed by atoms with E-state index in [2.05, 4.69) is 5.32 Å². The Morgan fingerprint density at radius 3 is 2.21 bits per heavy atom. The highest BCUT2D eigenvalue weighted by Crippen LogP contribution is 2.11. The van der Waals surface area contributed by atoms with E-state index in [1.807, 2.05) is 38.1 Å². The summed E-state index contributed by atoms with van der Waals surface area (Å²) in [4.78, 5) is 0. The van der Waals surface area contributed by atoms with Gasteiger partial charge in [-0.3, -0.25) is 5.41 Å². The van der Waals surface area contributed by atoms with Crippen LogP contribution < -0.4 is 10.1 Å². The molecular formula is C14H22N2O3. The van der Waals surface area contributed by atoms with Gasteiger partial charge in [0.2, 0.25) is 0 Å². The Balaban J connectivity index is 2.48. The molecule has 0 radical (unpaired) electrons. The molecule has 1 aromatic rings. The summed E-state index contributed by atoms with van der Waals surface area (Å²) in [5.74, 6) is 1.12. The minimum Gasteiger partial charge on any atom is -0.497 e. The zero-order valence-corrected chi connectivity index (χ0v) is 11.7. The molecule has 0 aliphatic heterocycles. The molecule has 19 heavy (non-hydrogen) atoms. The fourth-order valence-electron chi connectivity index (χ4n) is 1.58. The van der Waals surface area contributed by atoms with Crippen LogP contribution in [-0.2, 0) is 9.47 Å². The number of methoxy groups -OCH3 is 1. The lowest BCUT2D eigenvalue weighted by atomic mass is 10.2. The summed E-state index contributed by atoms with van der Waals surface area (Å²) in [6.07, 6.45) is -0.325. The van der Waals surface area contributed by atoms with E-state index in [0.717, 1.165) is 11.3 Å². The Bertz CT molecular complexity index is 373. The number of nitrogens with one attached hydrogen (secondary N) is 2. The molecule has 0 saturated carbocycles. The number of amidine groups is 1. The lowest BCUT2D eigenvalue weighted by Gasteiger charge is -2.18. The van der Waals surface area contributed by atoms with Gasteiger partial charge < -0.3 is 19.5 Å². The van der Waals surface area contributed by atoms with Crippen molar-refractivity contribution in [3.63, 3.8) is 0 Å². The topological polar surface area (TPSA) is 63.6 Å². The largest absolute Gasteiger partial charge is 0.497 e. The maximum atomic E-state index is 7.95. The van der Waals surface area contributed by atoms with Gasteiger partial charge in [0.25, 0.3) is 0 Å². The van der Waals surface area contributed by atoms with Crippen molar-refractivity contribution in [1.82, 2.24) is 5.32 Å². The molecule has 1 aromatic carbocycles. The average Bonchev–Trinajstić information content (AvgIpc) is 2.45. The molecule has 0 aliphatic carbocycles. The highest BCUT2D eigenvalue weighted by atomic mass is 16.7. The third-order valence-electron chi connectivity index (χ3n) is 2.53. The van der Waals surface area contributed by atoms with Crippen LogP contribution in [0.15, 0.2) is 24.3 Å². The van der Waals surface area contributed by atoms with Gasteiger partial charge in [0.15, 0.2) is 6.29 Å². The molecule has 0 aliphatic rings. The van der Waals surface area contributed by atoms with Gasteiger partial charge >= 0.3 is 0 Å². The third-order valence-corrected chi connectivity index (χ3v) is 2.53. The molecule has 0 atom stereocenters. The Hall–Kier alpha value is -1.59. The standard InChI is InChI=1S/C14H22N2O3/c1-4-18-13(19-5-2)10-16-14(15)11-6-8-12(17-3)9-7-11/h6-9,13H,4-5,10H2,1-3H3,(H2,15,16). The maximum Gasteiger partial charge on any atom is 0.174 e. The number of benzene rings is 1. The smallest absolute Gasteiger partial charge is 0.174 e. The van der Waals surface area contributed by atoms with Gasteiger partial charge in [-0.05, 0) is 38.1 Å². The van der Waals surface area contributed by atoms with Crippen LogP contribution in [0, 0.1) is 5.41 Å². The zero-order valence-electron chi connectivity index (χ0n) is 11.7. The van der Waals surface area contributed by atoms with Gasteiger partial charge in [0, 0.05) is 18.8 Å². The van der Waals surface area contributed by atoms with E-state index in [1.165, 1.54) is 0 Å². The van der Waals surface area contributed by atoms with Crippen molar-refractivity contribution in [2.75, 3.05) is 26.9 Å². The zero-order chi connectivity index (χ0) is 14.1. The van der Waals surface area contributed by atoms with Crippen molar-refractivity contribution in [1.29, 1.82) is 5.41 Å². The van der Waals surface area contributed by atoms with Crippen LogP contribution >= 0.6 is 0 Å². The van der Waals surface area contributed by atoms with Gasteiger partial charge in [-0.25, -0.2) is 0 Å². The highest BCUT2D eigenvalue weighted by Gasteiger charge is 2.09. The van der Waals surface area contributed by atoms with Crippen molar-refractivity contribution in [2.45, 2.75) is 20.1 Å². The van der Waals surface area contributed by atoms with Crippen LogP contribution in [0.1, 0.15) is 19.4 Å². The summed E-state index contributed by atoms with van der Waals surface area (Å²) in [6, 6.07) is 7.33. The van der Waals surface area contributed by atoms with Crippen molar-refractivity contribution < 1.29 is 14.2 Å². The van der Waals surface area contributed by atoms with E-state index in [4.69, 9.17) is 19.6 Å². The predicted molar refractivity (Wildman–Crippen MR) is 74.9 cm³/mol. The molecule has 0 saturated heterocycles. The molecular weight excluding hydrogens is 244 g/mol. The summed E-state index contributed by atoms with van der Waals surface area (Å²) in [5, 5.41) is 11.0. The maximum absolute atomic E-state index is 7.95. The van der Waals surface area contributed by atoms with Crippen LogP contribution in [0.25, 0.3) is 0 Å². The fraction of sp³-hybridized carbons (Fsp3) is 0.500. The molecule has 0 spiro atoms. The second kappa shape index (κ2) is 8.50. The molecule has 0 fully saturated rings. The van der Waals surface area contributed by atoms with Gasteiger partial charge in [-0.2, -0.15) is 0 Å². The summed E-state index contributed by atoms with van der Waals surface area (Å²) in [7, 11) is 1.62. The van der Waals surface area contributed by atoms with E-state index >= 15 is 0 Å². The first-order chi connectivity index (χ1) is 9.21. The van der Waals surface area contributed by atoms with Crippen molar-refractivity contribution in [2.24, 2.45) is 0 Å². The molecule has 0 unspecified atom stereocenters. The molecule has 0 amide bonds. The van der Waals surface area contributed by atoms with Gasteiger partial charge in [-0.15, -0.1) is 0 Å². The van der Waals surface area contributed by atoms with Crippen LogP contribution in [0.5, 0.6) is 5.75 Å². The summed E-state index contributed by atoms with van der Waals surface area (Å²) in [6.45, 7) is 5.46. The molecule has 5 heteroatoms. The van der Waals surface area contributed by atoms with E-state index in [0.29, 0.717) is 25.6 Å². The number of hydrogen-bond donors (Lipinski definition) is 2. The van der Waals surface area contributed by atoms with E-state index in [1.54, 1.807) is 7.11 Å². The number of rotatable bonds is 8. The molecule has 2 N–H and O–H groups in total. The van der Waals surface area contributed by atoms with Crippen LogP contribution in [-0.4, -0.2) is 39.0 Å². The van der Waals surface area contributed by atoms with Crippen LogP contribution in [0.4, 0.5) is 0 Å². The molecule has 0 heterocycles. The Morgan fingerprint density at radius 2 is 1.74 bits per heavy atom. The first kappa shape index (κ1) is 15.5. The average molecular weight is 266 g/mol. The van der Waals surface area contributed by atoms with Crippen molar-refractivity contribution >= 4 is 5.84 Å². The minimum atomic E-state index is -0.325. The Kier molecular flexibility index (Phi) is 6.92. The summed E-state index contributed by atoms with van der Waals surface area (Å²) < 4.78 is 15.9. The normalized spacial score (nSPS) is 10.5. The van der Waals surface area contributed by atoms with E-state index in [9.17, 15) is 0 Å². The van der Waals surface area contributed by atoms with Gasteiger partial charge in [-0.1, -0.05) is 0 Å². The SMILES string of the molecule is CCOC(CNC(=N)c1ccc(OC)cc1)OCC. The molecule has 1 rings (SSSR count). The van der Waals surface area contributed by atoms with Gasteiger partial charge in [0.1, 0.15) is 11.6 Å². The lowest BCUT2D eigenvalue weighted by molar-refractivity contribution is -0.131. The lowest BCUT2D eigenvalue weighted by Crippen LogP contribution is -2.35. The van der Waals surface area contributed by atoms with Crippen molar-refractivity contribution in [3.05, 3.63) is 29.8 Å². The highest BCUT2D eigenvalue weighted by molar-refractivity contribution is 5.96. The Labute approximate surface area is 114 Å². The monoisotopic (exact) mass is 266 g/mol. The Morgan fingerprint density at radius 1 is 1.16 bits per heavy atom. The van der Waals surface area contributed by atoms with Gasteiger partial charge in [0.05, 0.1) is 13.7 Å². The number of ether oxygens (including phenoxy) is 3. The number of hydrogen-bond acceptors (Lipinski definition) is 4. The molecule has 106 valence electrons. The molecule has 5 nitrogen and oxygen atoms in total. The fourth-order valence-corrected chi connectivity index (χ4v) is 1.58. The first-order valence-corrected chi connectivity index (χ1v) is 6.41. The molecule has 0 aromatic heterocycles. The predicted octanol–water partition coefficient (Wildman–Crippen LogP) is 2.01. The second-order valence-corrected chi connectivity index (χ2v) is 3.82. The first-order valence-electron chi connectivity index (χ1n) is 6.41. The third kappa shape index (κ3) is 5.28.